The fourth-order valence-electron chi connectivity index (χ4n) is 4.04. The zero-order valence-corrected chi connectivity index (χ0v) is 19.5. The first-order valence-corrected chi connectivity index (χ1v) is 12.6. The molecule has 0 bridgehead atoms. The summed E-state index contributed by atoms with van der Waals surface area (Å²) < 4.78 is 12.4. The lowest BCUT2D eigenvalue weighted by Gasteiger charge is -2.17. The van der Waals surface area contributed by atoms with Crippen molar-refractivity contribution in [1.82, 2.24) is 0 Å². The number of hydrogen-bond acceptors (Lipinski definition) is 3. The summed E-state index contributed by atoms with van der Waals surface area (Å²) in [4.78, 5) is 0. The summed E-state index contributed by atoms with van der Waals surface area (Å²) in [5.74, 6) is 1.41. The second-order valence-corrected chi connectivity index (χ2v) is 9.18. The van der Waals surface area contributed by atoms with E-state index in [0.717, 1.165) is 32.8 Å². The molecule has 0 radical (unpaired) electrons. The Morgan fingerprint density at radius 1 is 0.857 bits per heavy atom. The highest BCUT2D eigenvalue weighted by Crippen LogP contribution is 2.36. The molecule has 1 heterocycles. The highest BCUT2D eigenvalue weighted by molar-refractivity contribution is 7.08. The third-order valence-electron chi connectivity index (χ3n) is 6.21. The van der Waals surface area contributed by atoms with Crippen molar-refractivity contribution in [3.8, 4) is 0 Å². The Labute approximate surface area is 177 Å². The summed E-state index contributed by atoms with van der Waals surface area (Å²) in [5, 5.41) is 4.60. The van der Waals surface area contributed by atoms with Crippen LogP contribution in [0.3, 0.4) is 0 Å². The van der Waals surface area contributed by atoms with Gasteiger partial charge in [0.15, 0.2) is 0 Å². The van der Waals surface area contributed by atoms with E-state index in [1.54, 1.807) is 0 Å². The van der Waals surface area contributed by atoms with E-state index in [1.165, 1.54) is 73.6 Å². The maximum atomic E-state index is 6.22. The summed E-state index contributed by atoms with van der Waals surface area (Å²) in [5.41, 5.74) is 5.74. The number of hydrogen-bond donors (Lipinski definition) is 0. The summed E-state index contributed by atoms with van der Waals surface area (Å²) in [6, 6.07) is 0. The molecule has 3 heteroatoms. The van der Waals surface area contributed by atoms with Crippen LogP contribution in [0, 0.1) is 11.8 Å². The quantitative estimate of drug-likeness (QED) is 0.282. The van der Waals surface area contributed by atoms with Gasteiger partial charge in [-0.15, -0.1) is 0 Å². The van der Waals surface area contributed by atoms with Crippen molar-refractivity contribution in [3.63, 3.8) is 0 Å². The van der Waals surface area contributed by atoms with Gasteiger partial charge in [0.1, 0.15) is 0 Å². The normalized spacial score (nSPS) is 15.9. The maximum Gasteiger partial charge on any atom is 0.0723 e. The average molecular weight is 407 g/mol. The van der Waals surface area contributed by atoms with Crippen molar-refractivity contribution in [2.24, 2.45) is 11.8 Å². The molecule has 0 saturated carbocycles. The van der Waals surface area contributed by atoms with Gasteiger partial charge < -0.3 is 9.47 Å². The van der Waals surface area contributed by atoms with E-state index in [0.29, 0.717) is 11.8 Å². The molecule has 0 N–H and O–H groups in total. The number of ether oxygens (including phenoxy) is 2. The molecule has 0 spiro atoms. The Kier molecular flexibility index (Phi) is 11.4. The fourth-order valence-corrected chi connectivity index (χ4v) is 4.92. The Bertz CT molecular complexity index is 575. The number of rotatable bonds is 16. The highest BCUT2D eigenvalue weighted by Gasteiger charge is 2.23. The molecule has 0 aromatic carbocycles. The van der Waals surface area contributed by atoms with Gasteiger partial charge >= 0.3 is 0 Å². The molecule has 160 valence electrons. The largest absolute Gasteiger partial charge is 0.377 e. The molecule has 0 amide bonds. The second-order valence-electron chi connectivity index (χ2n) is 8.43. The van der Waals surface area contributed by atoms with Gasteiger partial charge in [0.05, 0.1) is 13.2 Å². The Morgan fingerprint density at radius 2 is 1.46 bits per heavy atom. The highest BCUT2D eigenvalue weighted by atomic mass is 32.1. The van der Waals surface area contributed by atoms with Gasteiger partial charge in [-0.05, 0) is 64.1 Å². The average Bonchev–Trinajstić information content (AvgIpc) is 3.29. The lowest BCUT2D eigenvalue weighted by atomic mass is 10.0. The smallest absolute Gasteiger partial charge is 0.0723 e. The molecule has 0 saturated heterocycles. The summed E-state index contributed by atoms with van der Waals surface area (Å²) in [7, 11) is 0. The van der Waals surface area contributed by atoms with Crippen molar-refractivity contribution in [2.45, 2.75) is 85.5 Å². The van der Waals surface area contributed by atoms with Crippen LogP contribution in [0.4, 0.5) is 0 Å². The van der Waals surface area contributed by atoms with Crippen molar-refractivity contribution < 1.29 is 9.47 Å². The number of unbranched alkanes of at least 4 members (excludes halogenated alkanes) is 2. The van der Waals surface area contributed by atoms with Gasteiger partial charge in [-0.1, -0.05) is 66.2 Å². The van der Waals surface area contributed by atoms with E-state index in [4.69, 9.17) is 9.47 Å². The minimum atomic E-state index is 0.701. The van der Waals surface area contributed by atoms with E-state index in [-0.39, 0.29) is 0 Å². The Hall–Kier alpha value is -0.640. The molecule has 1 aliphatic carbocycles. The molecule has 0 aliphatic heterocycles. The lowest BCUT2D eigenvalue weighted by Crippen LogP contribution is -2.13. The molecule has 0 fully saturated rings. The van der Waals surface area contributed by atoms with Gasteiger partial charge in [0.2, 0.25) is 0 Å². The minimum absolute atomic E-state index is 0.701. The standard InChI is InChI=1S/C25H42O2S/c1-5-9-11-20(7-3)14-26-16-22-13-23-18-28-19-25(23)24(22)17-27-15-21(8-4)12-10-6-2/h18-21H,5-17H2,1-4H3. The maximum absolute atomic E-state index is 6.22. The molecule has 1 aromatic rings. The number of fused-ring (bicyclic) bond motifs is 1. The van der Waals surface area contributed by atoms with E-state index in [1.807, 2.05) is 11.3 Å². The van der Waals surface area contributed by atoms with Crippen LogP contribution < -0.4 is 0 Å². The first kappa shape index (κ1) is 23.6. The monoisotopic (exact) mass is 406 g/mol. The molecule has 2 atom stereocenters. The first-order chi connectivity index (χ1) is 13.7. The van der Waals surface area contributed by atoms with Gasteiger partial charge in [-0.3, -0.25) is 0 Å². The van der Waals surface area contributed by atoms with E-state index in [2.05, 4.69) is 38.5 Å². The molecule has 2 nitrogen and oxygen atoms in total. The van der Waals surface area contributed by atoms with Crippen molar-refractivity contribution in [1.29, 1.82) is 0 Å². The third kappa shape index (κ3) is 7.31. The van der Waals surface area contributed by atoms with Crippen LogP contribution in [0.5, 0.6) is 0 Å². The number of thiophene rings is 1. The van der Waals surface area contributed by atoms with Crippen molar-refractivity contribution in [2.75, 3.05) is 26.4 Å². The Balaban J connectivity index is 1.87. The van der Waals surface area contributed by atoms with Crippen molar-refractivity contribution >= 4 is 16.9 Å². The van der Waals surface area contributed by atoms with Crippen molar-refractivity contribution in [3.05, 3.63) is 27.5 Å². The second kappa shape index (κ2) is 13.6. The predicted octanol–water partition coefficient (Wildman–Crippen LogP) is 7.52. The van der Waals surface area contributed by atoms with Gasteiger partial charge in [0.25, 0.3) is 0 Å². The van der Waals surface area contributed by atoms with Gasteiger partial charge in [-0.2, -0.15) is 11.3 Å². The lowest BCUT2D eigenvalue weighted by molar-refractivity contribution is 0.107. The van der Waals surface area contributed by atoms with E-state index in [9.17, 15) is 0 Å². The molecule has 2 rings (SSSR count). The predicted molar refractivity (Wildman–Crippen MR) is 123 cm³/mol. The zero-order valence-electron chi connectivity index (χ0n) is 18.7. The van der Waals surface area contributed by atoms with Crippen LogP contribution in [-0.2, 0) is 15.9 Å². The zero-order chi connectivity index (χ0) is 20.2. The van der Waals surface area contributed by atoms with E-state index >= 15 is 0 Å². The van der Waals surface area contributed by atoms with Crippen LogP contribution >= 0.6 is 11.3 Å². The summed E-state index contributed by atoms with van der Waals surface area (Å²) in [6.45, 7) is 12.4. The minimum Gasteiger partial charge on any atom is -0.377 e. The molecule has 1 aromatic heterocycles. The first-order valence-electron chi connectivity index (χ1n) is 11.6. The van der Waals surface area contributed by atoms with Gasteiger partial charge in [-0.25, -0.2) is 0 Å². The van der Waals surface area contributed by atoms with Gasteiger partial charge in [0, 0.05) is 13.2 Å². The topological polar surface area (TPSA) is 18.5 Å². The molecule has 2 unspecified atom stereocenters. The van der Waals surface area contributed by atoms with Crippen LogP contribution in [0.1, 0.15) is 90.2 Å². The summed E-state index contributed by atoms with van der Waals surface area (Å²) in [6.07, 6.45) is 11.3. The SMILES string of the molecule is CCCCC(CC)COCC1=C(COCC(CC)CCCC)c2cscc2C1. The Morgan fingerprint density at radius 3 is 2.04 bits per heavy atom. The molecular formula is C25H42O2S. The van der Waals surface area contributed by atoms with Crippen LogP contribution in [0.2, 0.25) is 0 Å². The summed E-state index contributed by atoms with van der Waals surface area (Å²) >= 11 is 1.81. The molecule has 28 heavy (non-hydrogen) atoms. The molecular weight excluding hydrogens is 364 g/mol. The fraction of sp³-hybridized carbons (Fsp3) is 0.760. The van der Waals surface area contributed by atoms with E-state index < -0.39 is 0 Å². The van der Waals surface area contributed by atoms with Crippen LogP contribution in [0.15, 0.2) is 16.3 Å². The van der Waals surface area contributed by atoms with Crippen LogP contribution in [-0.4, -0.2) is 26.4 Å². The third-order valence-corrected chi connectivity index (χ3v) is 7.01. The molecule has 1 aliphatic rings. The van der Waals surface area contributed by atoms with Crippen LogP contribution in [0.25, 0.3) is 5.57 Å².